The van der Waals surface area contributed by atoms with Gasteiger partial charge in [0.2, 0.25) is 5.76 Å². The third-order valence-corrected chi connectivity index (χ3v) is 4.93. The molecule has 1 amide bonds. The van der Waals surface area contributed by atoms with E-state index in [9.17, 15) is 14.4 Å². The van der Waals surface area contributed by atoms with Crippen molar-refractivity contribution >= 4 is 28.5 Å². The molecule has 0 unspecified atom stereocenters. The number of esters is 1. The Morgan fingerprint density at radius 1 is 1.00 bits per heavy atom. The molecule has 6 heteroatoms. The van der Waals surface area contributed by atoms with Crippen LogP contribution in [0.4, 0.5) is 5.69 Å². The van der Waals surface area contributed by atoms with E-state index < -0.39 is 5.97 Å². The quantitative estimate of drug-likeness (QED) is 0.372. The third kappa shape index (κ3) is 5.60. The number of amides is 1. The lowest BCUT2D eigenvalue weighted by Gasteiger charge is -2.10. The number of hydrogen-bond acceptors (Lipinski definition) is 5. The number of ether oxygens (including phenoxy) is 1. The zero-order valence-electron chi connectivity index (χ0n) is 17.9. The van der Waals surface area contributed by atoms with E-state index in [0.717, 1.165) is 18.9 Å². The number of benzene rings is 2. The lowest BCUT2D eigenvalue weighted by Crippen LogP contribution is -2.14. The SMILES string of the molecule is CCCCCc1ccc(C(=O)Nc2cccc3c(=O)cc(C(=O)OCCC)oc23)cc1. The highest BCUT2D eigenvalue weighted by Crippen LogP contribution is 2.23. The normalized spacial score (nSPS) is 10.8. The van der Waals surface area contributed by atoms with Crippen LogP contribution in [0.2, 0.25) is 0 Å². The Hall–Kier alpha value is -3.41. The Bertz CT molecular complexity index is 1110. The van der Waals surface area contributed by atoms with Crippen molar-refractivity contribution in [3.8, 4) is 0 Å². The molecule has 6 nitrogen and oxygen atoms in total. The van der Waals surface area contributed by atoms with Gasteiger partial charge in [-0.25, -0.2) is 4.79 Å². The molecule has 162 valence electrons. The highest BCUT2D eigenvalue weighted by atomic mass is 16.5. The molecule has 31 heavy (non-hydrogen) atoms. The molecule has 0 saturated carbocycles. The second-order valence-electron chi connectivity index (χ2n) is 7.40. The molecule has 2 aromatic carbocycles. The fourth-order valence-corrected chi connectivity index (χ4v) is 3.24. The molecule has 1 N–H and O–H groups in total. The number of unbranched alkanes of at least 4 members (excludes halogenated alkanes) is 2. The van der Waals surface area contributed by atoms with Crippen molar-refractivity contribution in [1.82, 2.24) is 0 Å². The number of aryl methyl sites for hydroxylation is 1. The molecule has 3 aromatic rings. The topological polar surface area (TPSA) is 85.6 Å². The van der Waals surface area contributed by atoms with Crippen molar-refractivity contribution in [2.24, 2.45) is 0 Å². The van der Waals surface area contributed by atoms with E-state index >= 15 is 0 Å². The predicted octanol–water partition coefficient (Wildman–Crippen LogP) is 5.34. The maximum absolute atomic E-state index is 12.8. The smallest absolute Gasteiger partial charge is 0.374 e. The van der Waals surface area contributed by atoms with Crippen LogP contribution in [0.1, 0.15) is 66.0 Å². The maximum atomic E-state index is 12.8. The molecule has 0 bridgehead atoms. The second kappa shape index (κ2) is 10.6. The number of carbonyl (C=O) groups excluding carboxylic acids is 2. The predicted molar refractivity (Wildman–Crippen MR) is 121 cm³/mol. The van der Waals surface area contributed by atoms with Crippen molar-refractivity contribution in [3.63, 3.8) is 0 Å². The van der Waals surface area contributed by atoms with Gasteiger partial charge in [0.15, 0.2) is 11.0 Å². The van der Waals surface area contributed by atoms with E-state index in [2.05, 4.69) is 12.2 Å². The van der Waals surface area contributed by atoms with Gasteiger partial charge in [0.05, 0.1) is 17.7 Å². The van der Waals surface area contributed by atoms with Crippen LogP contribution in [-0.4, -0.2) is 18.5 Å². The summed E-state index contributed by atoms with van der Waals surface area (Å²) in [5.74, 6) is -1.22. The first-order valence-corrected chi connectivity index (χ1v) is 10.7. The minimum Gasteiger partial charge on any atom is -0.460 e. The van der Waals surface area contributed by atoms with Crippen molar-refractivity contribution in [1.29, 1.82) is 0 Å². The first-order valence-electron chi connectivity index (χ1n) is 10.7. The summed E-state index contributed by atoms with van der Waals surface area (Å²) in [7, 11) is 0. The van der Waals surface area contributed by atoms with Crippen LogP contribution in [0.5, 0.6) is 0 Å². The van der Waals surface area contributed by atoms with E-state index in [1.807, 2.05) is 19.1 Å². The van der Waals surface area contributed by atoms with Crippen LogP contribution in [0.3, 0.4) is 0 Å². The number of carbonyl (C=O) groups is 2. The molecule has 0 spiro atoms. The number of rotatable bonds is 9. The van der Waals surface area contributed by atoms with Gasteiger partial charge in [-0.15, -0.1) is 0 Å². The summed E-state index contributed by atoms with van der Waals surface area (Å²) in [6.45, 7) is 4.27. The molecule has 1 aromatic heterocycles. The van der Waals surface area contributed by atoms with Crippen molar-refractivity contribution in [3.05, 3.63) is 75.6 Å². The Labute approximate surface area is 181 Å². The average molecular weight is 421 g/mol. The summed E-state index contributed by atoms with van der Waals surface area (Å²) in [5.41, 5.74) is 1.77. The van der Waals surface area contributed by atoms with E-state index in [4.69, 9.17) is 9.15 Å². The summed E-state index contributed by atoms with van der Waals surface area (Å²) in [6.07, 6.45) is 5.12. The molecule has 0 aliphatic heterocycles. The Kier molecular flexibility index (Phi) is 7.60. The van der Waals surface area contributed by atoms with E-state index in [0.29, 0.717) is 17.7 Å². The van der Waals surface area contributed by atoms with Crippen molar-refractivity contribution < 1.29 is 18.7 Å². The zero-order chi connectivity index (χ0) is 22.2. The molecule has 0 fully saturated rings. The highest BCUT2D eigenvalue weighted by molar-refractivity contribution is 6.08. The fraction of sp³-hybridized carbons (Fsp3) is 0.320. The summed E-state index contributed by atoms with van der Waals surface area (Å²) in [6, 6.07) is 13.5. The molecule has 0 atom stereocenters. The zero-order valence-corrected chi connectivity index (χ0v) is 17.9. The number of anilines is 1. The van der Waals surface area contributed by atoms with Crippen molar-refractivity contribution in [2.75, 3.05) is 11.9 Å². The number of hydrogen-bond donors (Lipinski definition) is 1. The van der Waals surface area contributed by atoms with Gasteiger partial charge in [0.25, 0.3) is 5.91 Å². The fourth-order valence-electron chi connectivity index (χ4n) is 3.24. The van der Waals surface area contributed by atoms with Crippen LogP contribution in [-0.2, 0) is 11.2 Å². The largest absolute Gasteiger partial charge is 0.460 e. The summed E-state index contributed by atoms with van der Waals surface area (Å²) in [4.78, 5) is 37.3. The summed E-state index contributed by atoms with van der Waals surface area (Å²) < 4.78 is 10.7. The number of fused-ring (bicyclic) bond motifs is 1. The van der Waals surface area contributed by atoms with E-state index in [1.165, 1.54) is 18.4 Å². The Balaban J connectivity index is 1.83. The second-order valence-corrected chi connectivity index (χ2v) is 7.40. The number of para-hydroxylation sites is 1. The summed E-state index contributed by atoms with van der Waals surface area (Å²) in [5, 5.41) is 3.06. The van der Waals surface area contributed by atoms with Crippen LogP contribution in [0, 0.1) is 0 Å². The van der Waals surface area contributed by atoms with Crippen LogP contribution in [0.25, 0.3) is 11.0 Å². The van der Waals surface area contributed by atoms with Crippen molar-refractivity contribution in [2.45, 2.75) is 46.0 Å². The van der Waals surface area contributed by atoms with Gasteiger partial charge in [0, 0.05) is 11.6 Å². The van der Waals surface area contributed by atoms with Gasteiger partial charge in [-0.3, -0.25) is 9.59 Å². The molecule has 1 heterocycles. The van der Waals surface area contributed by atoms with Gasteiger partial charge in [0.1, 0.15) is 0 Å². The molecule has 3 rings (SSSR count). The third-order valence-electron chi connectivity index (χ3n) is 4.93. The minimum absolute atomic E-state index is 0.142. The lowest BCUT2D eigenvalue weighted by atomic mass is 10.0. The van der Waals surface area contributed by atoms with Gasteiger partial charge in [-0.1, -0.05) is 44.9 Å². The lowest BCUT2D eigenvalue weighted by molar-refractivity contribution is 0.0469. The van der Waals surface area contributed by atoms with Crippen LogP contribution >= 0.6 is 0 Å². The number of nitrogens with one attached hydrogen (secondary N) is 1. The van der Waals surface area contributed by atoms with Crippen LogP contribution in [0.15, 0.2) is 57.7 Å². The standard InChI is InChI=1S/C25H27NO5/c1-3-5-6-8-17-11-13-18(14-12-17)24(28)26-20-10-7-9-19-21(27)16-22(31-23(19)20)25(29)30-15-4-2/h7,9-14,16H,3-6,8,15H2,1-2H3,(H,26,28). The summed E-state index contributed by atoms with van der Waals surface area (Å²) >= 11 is 0. The molecular formula is C25H27NO5. The highest BCUT2D eigenvalue weighted by Gasteiger charge is 2.17. The molecular weight excluding hydrogens is 394 g/mol. The first kappa shape index (κ1) is 22.3. The first-order chi connectivity index (χ1) is 15.0. The van der Waals surface area contributed by atoms with Gasteiger partial charge >= 0.3 is 5.97 Å². The van der Waals surface area contributed by atoms with E-state index in [-0.39, 0.29) is 34.7 Å². The minimum atomic E-state index is -0.708. The molecule has 0 saturated heterocycles. The van der Waals surface area contributed by atoms with Crippen LogP contribution < -0.4 is 10.7 Å². The molecule has 0 aliphatic carbocycles. The van der Waals surface area contributed by atoms with Gasteiger partial charge in [-0.2, -0.15) is 0 Å². The Morgan fingerprint density at radius 3 is 2.48 bits per heavy atom. The maximum Gasteiger partial charge on any atom is 0.374 e. The van der Waals surface area contributed by atoms with E-state index in [1.54, 1.807) is 30.3 Å². The molecule has 0 radical (unpaired) electrons. The van der Waals surface area contributed by atoms with Gasteiger partial charge in [-0.05, 0) is 49.1 Å². The van der Waals surface area contributed by atoms with Gasteiger partial charge < -0.3 is 14.5 Å². The molecule has 0 aliphatic rings. The monoisotopic (exact) mass is 421 g/mol. The average Bonchev–Trinajstić information content (AvgIpc) is 2.78. The Morgan fingerprint density at radius 2 is 1.77 bits per heavy atom.